The van der Waals surface area contributed by atoms with Crippen molar-refractivity contribution in [2.45, 2.75) is 6.42 Å². The van der Waals surface area contributed by atoms with E-state index in [4.69, 9.17) is 11.2 Å². The summed E-state index contributed by atoms with van der Waals surface area (Å²) in [6.07, 6.45) is 5.48. The molecule has 0 bridgehead atoms. The maximum atomic E-state index is 12.8. The van der Waals surface area contributed by atoms with E-state index < -0.39 is 5.82 Å². The van der Waals surface area contributed by atoms with Gasteiger partial charge in [0.1, 0.15) is 0 Å². The standard InChI is InChI=1S/C10H8FO/c1-2-3-8-12-10-7-5-4-6-9(10)11/h1,4-5,7H,3,8H2. The van der Waals surface area contributed by atoms with Crippen molar-refractivity contribution in [1.29, 1.82) is 0 Å². The number of terminal acetylenes is 1. The molecule has 0 atom stereocenters. The van der Waals surface area contributed by atoms with Crippen LogP contribution in [0.2, 0.25) is 0 Å². The van der Waals surface area contributed by atoms with Crippen molar-refractivity contribution >= 4 is 0 Å². The van der Waals surface area contributed by atoms with E-state index in [2.05, 4.69) is 12.0 Å². The number of halogens is 1. The van der Waals surface area contributed by atoms with Gasteiger partial charge in [0.25, 0.3) is 0 Å². The van der Waals surface area contributed by atoms with Crippen LogP contribution in [0.1, 0.15) is 6.42 Å². The van der Waals surface area contributed by atoms with Crippen molar-refractivity contribution in [2.24, 2.45) is 0 Å². The molecule has 1 aromatic rings. The molecule has 0 saturated carbocycles. The average Bonchev–Trinajstić information content (AvgIpc) is 2.09. The monoisotopic (exact) mass is 163 g/mol. The third kappa shape index (κ3) is 2.28. The molecule has 1 radical (unpaired) electrons. The average molecular weight is 163 g/mol. The number of hydrogen-bond acceptors (Lipinski definition) is 1. The predicted molar refractivity (Wildman–Crippen MR) is 44.2 cm³/mol. The molecule has 0 aliphatic heterocycles. The van der Waals surface area contributed by atoms with E-state index in [0.717, 1.165) is 0 Å². The maximum absolute atomic E-state index is 12.8. The molecule has 61 valence electrons. The largest absolute Gasteiger partial charge is 0.490 e. The van der Waals surface area contributed by atoms with Crippen molar-refractivity contribution in [3.05, 3.63) is 30.1 Å². The summed E-state index contributed by atoms with van der Waals surface area (Å²) in [6, 6.07) is 7.08. The van der Waals surface area contributed by atoms with E-state index in [1.807, 2.05) is 0 Å². The first kappa shape index (κ1) is 8.61. The van der Waals surface area contributed by atoms with Gasteiger partial charge in [-0.2, -0.15) is 0 Å². The topological polar surface area (TPSA) is 9.23 Å². The number of benzene rings is 1. The van der Waals surface area contributed by atoms with Gasteiger partial charge in [-0.1, -0.05) is 12.1 Å². The fourth-order valence-corrected chi connectivity index (χ4v) is 0.732. The van der Waals surface area contributed by atoms with E-state index in [9.17, 15) is 4.39 Å². The Hall–Kier alpha value is -1.49. The second-order valence-electron chi connectivity index (χ2n) is 2.15. The van der Waals surface area contributed by atoms with E-state index in [1.165, 1.54) is 6.07 Å². The van der Waals surface area contributed by atoms with Gasteiger partial charge >= 0.3 is 0 Å². The second-order valence-corrected chi connectivity index (χ2v) is 2.15. The molecule has 0 aromatic heterocycles. The summed E-state index contributed by atoms with van der Waals surface area (Å²) in [6.45, 7) is 0.339. The Morgan fingerprint density at radius 2 is 2.50 bits per heavy atom. The predicted octanol–water partition coefficient (Wildman–Crippen LogP) is 2.03. The molecule has 0 unspecified atom stereocenters. The molecule has 0 aliphatic carbocycles. The van der Waals surface area contributed by atoms with Gasteiger partial charge in [-0.3, -0.25) is 0 Å². The van der Waals surface area contributed by atoms with Crippen LogP contribution >= 0.6 is 0 Å². The molecule has 0 spiro atoms. The lowest BCUT2D eigenvalue weighted by molar-refractivity contribution is 0.310. The van der Waals surface area contributed by atoms with Crippen LogP contribution in [0.15, 0.2) is 18.2 Å². The Kier molecular flexibility index (Phi) is 3.16. The molecule has 0 amide bonds. The van der Waals surface area contributed by atoms with Crippen molar-refractivity contribution in [2.75, 3.05) is 6.61 Å². The van der Waals surface area contributed by atoms with Crippen LogP contribution in [-0.2, 0) is 0 Å². The van der Waals surface area contributed by atoms with Gasteiger partial charge in [0.05, 0.1) is 6.61 Å². The molecular formula is C10H8FO. The molecule has 1 nitrogen and oxygen atoms in total. The van der Waals surface area contributed by atoms with Gasteiger partial charge in [-0.25, -0.2) is 4.39 Å². The second kappa shape index (κ2) is 4.40. The van der Waals surface area contributed by atoms with Crippen molar-refractivity contribution in [1.82, 2.24) is 0 Å². The molecule has 0 aliphatic rings. The lowest BCUT2D eigenvalue weighted by atomic mass is 10.3. The minimum absolute atomic E-state index is 0.202. The number of ether oxygens (including phenoxy) is 1. The van der Waals surface area contributed by atoms with Gasteiger partial charge in [-0.15, -0.1) is 12.3 Å². The Morgan fingerprint density at radius 3 is 3.17 bits per heavy atom. The minimum atomic E-state index is -0.477. The SMILES string of the molecule is C#CCCOc1ccc[c]c1F. The van der Waals surface area contributed by atoms with Gasteiger partial charge in [0.15, 0.2) is 11.6 Å². The third-order valence-electron chi connectivity index (χ3n) is 1.27. The van der Waals surface area contributed by atoms with E-state index in [-0.39, 0.29) is 5.75 Å². The lowest BCUT2D eigenvalue weighted by Gasteiger charge is -2.03. The highest BCUT2D eigenvalue weighted by Crippen LogP contribution is 2.14. The maximum Gasteiger partial charge on any atom is 0.172 e. The fourth-order valence-electron chi connectivity index (χ4n) is 0.732. The Labute approximate surface area is 71.2 Å². The first-order valence-electron chi connectivity index (χ1n) is 3.57. The summed E-state index contributed by atoms with van der Waals surface area (Å²) in [5, 5.41) is 0. The highest BCUT2D eigenvalue weighted by molar-refractivity contribution is 5.22. The molecule has 1 rings (SSSR count). The van der Waals surface area contributed by atoms with Crippen LogP contribution in [0.4, 0.5) is 4.39 Å². The molecule has 12 heavy (non-hydrogen) atoms. The van der Waals surface area contributed by atoms with E-state index in [1.54, 1.807) is 12.1 Å². The fraction of sp³-hybridized carbons (Fsp3) is 0.200. The Balaban J connectivity index is 2.53. The quantitative estimate of drug-likeness (QED) is 0.489. The molecule has 0 fully saturated rings. The van der Waals surface area contributed by atoms with Gasteiger partial charge in [0, 0.05) is 12.5 Å². The van der Waals surface area contributed by atoms with Crippen LogP contribution in [0, 0.1) is 24.2 Å². The molecule has 2 heteroatoms. The smallest absolute Gasteiger partial charge is 0.172 e. The van der Waals surface area contributed by atoms with Crippen LogP contribution in [0.3, 0.4) is 0 Å². The summed E-state index contributed by atoms with van der Waals surface area (Å²) in [4.78, 5) is 0. The van der Waals surface area contributed by atoms with Crippen LogP contribution in [0.5, 0.6) is 5.75 Å². The summed E-state index contributed by atoms with van der Waals surface area (Å²) in [5.74, 6) is 2.12. The summed E-state index contributed by atoms with van der Waals surface area (Å²) >= 11 is 0. The van der Waals surface area contributed by atoms with E-state index >= 15 is 0 Å². The first-order valence-corrected chi connectivity index (χ1v) is 3.57. The Morgan fingerprint density at radius 1 is 1.67 bits per heavy atom. The summed E-state index contributed by atoms with van der Waals surface area (Å²) in [5.41, 5.74) is 0. The van der Waals surface area contributed by atoms with Gasteiger partial charge < -0.3 is 4.74 Å². The summed E-state index contributed by atoms with van der Waals surface area (Å²) < 4.78 is 17.8. The van der Waals surface area contributed by atoms with Crippen LogP contribution in [-0.4, -0.2) is 6.61 Å². The molecule has 0 saturated heterocycles. The normalized spacial score (nSPS) is 9.00. The molecular weight excluding hydrogens is 155 g/mol. The molecule has 0 heterocycles. The minimum Gasteiger partial charge on any atom is -0.490 e. The zero-order valence-electron chi connectivity index (χ0n) is 6.51. The lowest BCUT2D eigenvalue weighted by Crippen LogP contribution is -1.97. The molecule has 1 aromatic carbocycles. The van der Waals surface area contributed by atoms with Crippen LogP contribution < -0.4 is 4.74 Å². The van der Waals surface area contributed by atoms with Gasteiger partial charge in [-0.05, 0) is 6.07 Å². The zero-order valence-corrected chi connectivity index (χ0v) is 6.51. The van der Waals surface area contributed by atoms with Crippen molar-refractivity contribution in [3.8, 4) is 18.1 Å². The number of hydrogen-bond donors (Lipinski definition) is 0. The number of rotatable bonds is 3. The van der Waals surface area contributed by atoms with Crippen molar-refractivity contribution < 1.29 is 9.13 Å². The van der Waals surface area contributed by atoms with Crippen LogP contribution in [0.25, 0.3) is 0 Å². The van der Waals surface area contributed by atoms with E-state index in [0.29, 0.717) is 13.0 Å². The molecule has 0 N–H and O–H groups in total. The highest BCUT2D eigenvalue weighted by atomic mass is 19.1. The van der Waals surface area contributed by atoms with Crippen molar-refractivity contribution in [3.63, 3.8) is 0 Å². The zero-order chi connectivity index (χ0) is 8.81. The van der Waals surface area contributed by atoms with Gasteiger partial charge in [0.2, 0.25) is 0 Å². The third-order valence-corrected chi connectivity index (χ3v) is 1.27. The highest BCUT2D eigenvalue weighted by Gasteiger charge is 1.99. The summed E-state index contributed by atoms with van der Waals surface area (Å²) in [7, 11) is 0. The Bertz CT molecular complexity index is 288. The first-order chi connectivity index (χ1) is 5.84.